The Morgan fingerprint density at radius 3 is 2.59 bits per heavy atom. The number of nitrogens with zero attached hydrogens (tertiary/aromatic N) is 3. The molecular weight excluding hydrogens is 410 g/mol. The summed E-state index contributed by atoms with van der Waals surface area (Å²) >= 11 is 3.38. The third-order valence-electron chi connectivity index (χ3n) is 3.98. The summed E-state index contributed by atoms with van der Waals surface area (Å²) in [5.41, 5.74) is 0.866. The van der Waals surface area contributed by atoms with Crippen molar-refractivity contribution in [3.63, 3.8) is 0 Å². The Labute approximate surface area is 166 Å². The number of hydrogen-bond donors (Lipinski definition) is 0. The van der Waals surface area contributed by atoms with Crippen molar-refractivity contribution in [2.24, 2.45) is 0 Å². The highest BCUT2D eigenvalue weighted by Gasteiger charge is 2.13. The van der Waals surface area contributed by atoms with Crippen LogP contribution in [0.25, 0.3) is 11.5 Å². The van der Waals surface area contributed by atoms with Gasteiger partial charge < -0.3 is 14.1 Å². The van der Waals surface area contributed by atoms with E-state index in [0.717, 1.165) is 15.8 Å². The van der Waals surface area contributed by atoms with Gasteiger partial charge in [0.05, 0.1) is 6.54 Å². The summed E-state index contributed by atoms with van der Waals surface area (Å²) in [6, 6.07) is 17.1. The van der Waals surface area contributed by atoms with Crippen LogP contribution in [0.1, 0.15) is 12.3 Å². The van der Waals surface area contributed by atoms with Crippen LogP contribution in [0.2, 0.25) is 0 Å². The number of benzene rings is 2. The van der Waals surface area contributed by atoms with E-state index in [9.17, 15) is 4.79 Å². The van der Waals surface area contributed by atoms with Crippen LogP contribution in [0.15, 0.2) is 63.5 Å². The van der Waals surface area contributed by atoms with Crippen LogP contribution in [0.5, 0.6) is 5.75 Å². The van der Waals surface area contributed by atoms with E-state index in [1.807, 2.05) is 54.6 Å². The summed E-state index contributed by atoms with van der Waals surface area (Å²) in [6.45, 7) is 0.941. The topological polar surface area (TPSA) is 68.5 Å². The molecule has 0 spiro atoms. The Balaban J connectivity index is 1.42. The Kier molecular flexibility index (Phi) is 6.59. The first kappa shape index (κ1) is 19.1. The van der Waals surface area contributed by atoms with Crippen molar-refractivity contribution >= 4 is 21.8 Å². The standard InChI is InChI=1S/C20H20BrN3O3/c1-24(13-14-26-17-9-7-16(21)8-10-17)19(25)12-11-18-22-23-20(27-18)15-5-3-2-4-6-15/h2-10H,11-14H2,1H3. The van der Waals surface area contributed by atoms with Gasteiger partial charge in [0.15, 0.2) is 0 Å². The van der Waals surface area contributed by atoms with Gasteiger partial charge in [-0.3, -0.25) is 4.79 Å². The number of amides is 1. The largest absolute Gasteiger partial charge is 0.492 e. The number of carbonyl (C=O) groups excluding carboxylic acids is 1. The molecule has 0 fully saturated rings. The highest BCUT2D eigenvalue weighted by Crippen LogP contribution is 2.18. The van der Waals surface area contributed by atoms with Crippen molar-refractivity contribution in [2.45, 2.75) is 12.8 Å². The van der Waals surface area contributed by atoms with Gasteiger partial charge in [0.25, 0.3) is 0 Å². The molecule has 140 valence electrons. The first-order valence-electron chi connectivity index (χ1n) is 8.62. The van der Waals surface area contributed by atoms with Crippen LogP contribution in [0.3, 0.4) is 0 Å². The number of likely N-dealkylation sites (N-methyl/N-ethyl adjacent to an activating group) is 1. The average molecular weight is 430 g/mol. The summed E-state index contributed by atoms with van der Waals surface area (Å²) in [4.78, 5) is 13.9. The number of aromatic nitrogens is 2. The van der Waals surface area contributed by atoms with E-state index in [2.05, 4.69) is 26.1 Å². The third-order valence-corrected chi connectivity index (χ3v) is 4.50. The van der Waals surface area contributed by atoms with Gasteiger partial charge in [0, 0.05) is 29.9 Å². The molecule has 0 aliphatic carbocycles. The number of ether oxygens (including phenoxy) is 1. The molecule has 3 aromatic rings. The summed E-state index contributed by atoms with van der Waals surface area (Å²) in [6.07, 6.45) is 0.724. The van der Waals surface area contributed by atoms with Gasteiger partial charge in [0.1, 0.15) is 12.4 Å². The smallest absolute Gasteiger partial charge is 0.247 e. The van der Waals surface area contributed by atoms with Crippen LogP contribution < -0.4 is 4.74 Å². The van der Waals surface area contributed by atoms with Crippen LogP contribution in [-0.2, 0) is 11.2 Å². The van der Waals surface area contributed by atoms with E-state index < -0.39 is 0 Å². The molecule has 2 aromatic carbocycles. The monoisotopic (exact) mass is 429 g/mol. The van der Waals surface area contributed by atoms with Crippen LogP contribution in [-0.4, -0.2) is 41.2 Å². The molecule has 0 unspecified atom stereocenters. The Hall–Kier alpha value is -2.67. The van der Waals surface area contributed by atoms with Gasteiger partial charge >= 0.3 is 0 Å². The van der Waals surface area contributed by atoms with Gasteiger partial charge in [-0.15, -0.1) is 10.2 Å². The molecular formula is C20H20BrN3O3. The van der Waals surface area contributed by atoms with E-state index in [1.165, 1.54) is 0 Å². The zero-order valence-electron chi connectivity index (χ0n) is 15.0. The fraction of sp³-hybridized carbons (Fsp3) is 0.250. The summed E-state index contributed by atoms with van der Waals surface area (Å²) in [5.74, 6) is 1.71. The van der Waals surface area contributed by atoms with E-state index in [-0.39, 0.29) is 5.91 Å². The Bertz CT molecular complexity index is 866. The summed E-state index contributed by atoms with van der Waals surface area (Å²) in [5, 5.41) is 8.05. The normalized spacial score (nSPS) is 10.6. The van der Waals surface area contributed by atoms with E-state index in [4.69, 9.17) is 9.15 Å². The first-order valence-corrected chi connectivity index (χ1v) is 9.41. The molecule has 27 heavy (non-hydrogen) atoms. The molecule has 1 heterocycles. The lowest BCUT2D eigenvalue weighted by atomic mass is 10.2. The zero-order valence-corrected chi connectivity index (χ0v) is 16.6. The molecule has 0 atom stereocenters. The molecule has 0 N–H and O–H groups in total. The van der Waals surface area contributed by atoms with Crippen molar-refractivity contribution in [1.82, 2.24) is 15.1 Å². The predicted molar refractivity (Wildman–Crippen MR) is 105 cm³/mol. The predicted octanol–water partition coefficient (Wildman–Crippen LogP) is 3.97. The minimum Gasteiger partial charge on any atom is -0.492 e. The fourth-order valence-electron chi connectivity index (χ4n) is 2.41. The second-order valence-electron chi connectivity index (χ2n) is 5.98. The van der Waals surface area contributed by atoms with Crippen molar-refractivity contribution in [3.8, 4) is 17.2 Å². The molecule has 0 aliphatic rings. The van der Waals surface area contributed by atoms with Crippen molar-refractivity contribution in [1.29, 1.82) is 0 Å². The highest BCUT2D eigenvalue weighted by molar-refractivity contribution is 9.10. The van der Waals surface area contributed by atoms with Gasteiger partial charge in [0.2, 0.25) is 17.7 Å². The van der Waals surface area contributed by atoms with Crippen LogP contribution in [0.4, 0.5) is 0 Å². The van der Waals surface area contributed by atoms with Crippen LogP contribution in [0, 0.1) is 0 Å². The zero-order chi connectivity index (χ0) is 19.1. The maximum atomic E-state index is 12.3. The fourth-order valence-corrected chi connectivity index (χ4v) is 2.68. The van der Waals surface area contributed by atoms with Gasteiger partial charge in [-0.25, -0.2) is 0 Å². The molecule has 0 aliphatic heterocycles. The lowest BCUT2D eigenvalue weighted by Gasteiger charge is -2.17. The molecule has 0 bridgehead atoms. The lowest BCUT2D eigenvalue weighted by Crippen LogP contribution is -2.31. The highest BCUT2D eigenvalue weighted by atomic mass is 79.9. The Morgan fingerprint density at radius 2 is 1.85 bits per heavy atom. The maximum Gasteiger partial charge on any atom is 0.247 e. The van der Waals surface area contributed by atoms with Gasteiger partial charge in [-0.05, 0) is 36.4 Å². The average Bonchev–Trinajstić information content (AvgIpc) is 3.17. The summed E-state index contributed by atoms with van der Waals surface area (Å²) < 4.78 is 12.3. The molecule has 3 rings (SSSR count). The van der Waals surface area contributed by atoms with E-state index in [0.29, 0.717) is 37.8 Å². The minimum absolute atomic E-state index is 0.00821. The maximum absolute atomic E-state index is 12.3. The number of halogens is 1. The van der Waals surface area contributed by atoms with E-state index >= 15 is 0 Å². The molecule has 6 nitrogen and oxygen atoms in total. The molecule has 0 radical (unpaired) electrons. The minimum atomic E-state index is 0.00821. The van der Waals surface area contributed by atoms with Crippen LogP contribution >= 0.6 is 15.9 Å². The quantitative estimate of drug-likeness (QED) is 0.541. The Morgan fingerprint density at radius 1 is 1.11 bits per heavy atom. The lowest BCUT2D eigenvalue weighted by molar-refractivity contribution is -0.130. The number of carbonyl (C=O) groups is 1. The molecule has 0 saturated heterocycles. The molecule has 0 saturated carbocycles. The second kappa shape index (κ2) is 9.32. The molecule has 1 amide bonds. The van der Waals surface area contributed by atoms with Crippen molar-refractivity contribution in [2.75, 3.05) is 20.2 Å². The van der Waals surface area contributed by atoms with Gasteiger partial charge in [-0.2, -0.15) is 0 Å². The number of aryl methyl sites for hydroxylation is 1. The number of rotatable bonds is 8. The molecule has 1 aromatic heterocycles. The summed E-state index contributed by atoms with van der Waals surface area (Å²) in [7, 11) is 1.76. The van der Waals surface area contributed by atoms with E-state index in [1.54, 1.807) is 11.9 Å². The first-order chi connectivity index (χ1) is 13.1. The van der Waals surface area contributed by atoms with Gasteiger partial charge in [-0.1, -0.05) is 34.1 Å². The van der Waals surface area contributed by atoms with Crippen molar-refractivity contribution in [3.05, 3.63) is 65.0 Å². The molecule has 7 heteroatoms. The third kappa shape index (κ3) is 5.65. The SMILES string of the molecule is CN(CCOc1ccc(Br)cc1)C(=O)CCc1nnc(-c2ccccc2)o1. The number of hydrogen-bond acceptors (Lipinski definition) is 5. The van der Waals surface area contributed by atoms with Crippen molar-refractivity contribution < 1.29 is 13.9 Å². The second-order valence-corrected chi connectivity index (χ2v) is 6.90.